The minimum Gasteiger partial charge on any atom is -0.504 e. The van der Waals surface area contributed by atoms with E-state index in [4.69, 9.17) is 23.9 Å². The number of aliphatic hydroxyl groups excluding tert-OH is 3. The van der Waals surface area contributed by atoms with Crippen LogP contribution in [0, 0.1) is 88.1 Å². The van der Waals surface area contributed by atoms with Crippen molar-refractivity contribution in [3.8, 4) is 47.0 Å². The number of benzene rings is 2. The van der Waals surface area contributed by atoms with Gasteiger partial charge in [-0.15, -0.1) is 0 Å². The molecular formula is C70H98N4O9. The molecule has 0 aromatic heterocycles. The van der Waals surface area contributed by atoms with Gasteiger partial charge in [0.25, 0.3) is 0 Å². The van der Waals surface area contributed by atoms with Crippen LogP contribution in [0.2, 0.25) is 0 Å². The van der Waals surface area contributed by atoms with E-state index in [-0.39, 0.29) is 72.4 Å². The van der Waals surface area contributed by atoms with Crippen LogP contribution in [0.15, 0.2) is 47.5 Å². The molecule has 13 heteroatoms. The van der Waals surface area contributed by atoms with Gasteiger partial charge in [0.2, 0.25) is 11.7 Å². The number of allylic oxidation sites excluding steroid dienone is 2. The molecule has 2 aromatic rings. The number of aliphatic hydroxyl groups is 3. The summed E-state index contributed by atoms with van der Waals surface area (Å²) in [6, 6.07) is 13.7. The SMILES string of the molecule is CCC1CCC2C(C1)C1C=CC(=O)C3(Cc4ccc(O)c(OC)c4)CCCC3CC#CN=C(NC3CCCCC3)Nc3cc(cc4c3OC#CC3(CCCCC3)C3CC(CNC)(CC3CC(O)OCCCO)O4)C13CCCC3C2CCCO. The second-order valence-electron chi connectivity index (χ2n) is 27.3. The van der Waals surface area contributed by atoms with Gasteiger partial charge < -0.3 is 55.3 Å². The van der Waals surface area contributed by atoms with Gasteiger partial charge in [-0.05, 0) is 205 Å². The summed E-state index contributed by atoms with van der Waals surface area (Å²) in [5.74, 6) is 12.0. The van der Waals surface area contributed by atoms with Crippen molar-refractivity contribution in [2.24, 2.45) is 69.1 Å². The Balaban J connectivity index is 1.12. The molecule has 2 aliphatic heterocycles. The predicted molar refractivity (Wildman–Crippen MR) is 325 cm³/mol. The lowest BCUT2D eigenvalue weighted by Gasteiger charge is -2.59. The highest BCUT2D eigenvalue weighted by Gasteiger charge is 2.62. The van der Waals surface area contributed by atoms with Crippen molar-refractivity contribution < 1.29 is 44.2 Å². The van der Waals surface area contributed by atoms with Gasteiger partial charge in [-0.3, -0.25) is 4.79 Å². The summed E-state index contributed by atoms with van der Waals surface area (Å²) >= 11 is 0. The van der Waals surface area contributed by atoms with Gasteiger partial charge in [0.1, 0.15) is 11.7 Å². The molecule has 83 heavy (non-hydrogen) atoms. The largest absolute Gasteiger partial charge is 0.504 e. The molecule has 7 fully saturated rings. The molecule has 7 aliphatic carbocycles. The van der Waals surface area contributed by atoms with E-state index in [1.165, 1.54) is 18.4 Å². The summed E-state index contributed by atoms with van der Waals surface area (Å²) in [6.45, 7) is 3.39. The Labute approximate surface area is 495 Å². The van der Waals surface area contributed by atoms with E-state index in [0.29, 0.717) is 85.5 Å². The Morgan fingerprint density at radius 1 is 0.904 bits per heavy atom. The predicted octanol–water partition coefficient (Wildman–Crippen LogP) is 11.9. The van der Waals surface area contributed by atoms with E-state index in [2.05, 4.69) is 65.1 Å². The first-order valence-corrected chi connectivity index (χ1v) is 32.9. The average molecular weight is 1140 g/mol. The Morgan fingerprint density at radius 3 is 2.52 bits per heavy atom. The fraction of sp³-hybridized carbons (Fsp3) is 0.714. The summed E-state index contributed by atoms with van der Waals surface area (Å²) in [7, 11) is 3.59. The van der Waals surface area contributed by atoms with Crippen molar-refractivity contribution >= 4 is 17.4 Å². The summed E-state index contributed by atoms with van der Waals surface area (Å²) in [4.78, 5) is 21.2. The van der Waals surface area contributed by atoms with Crippen LogP contribution in [-0.4, -0.2) is 90.6 Å². The lowest BCUT2D eigenvalue weighted by molar-refractivity contribution is -0.126. The van der Waals surface area contributed by atoms with Crippen LogP contribution in [-0.2, 0) is 21.4 Å². The molecule has 452 valence electrons. The number of ether oxygens (including phenoxy) is 4. The van der Waals surface area contributed by atoms with Crippen molar-refractivity contribution in [3.63, 3.8) is 0 Å². The van der Waals surface area contributed by atoms with E-state index >= 15 is 4.79 Å². The molecule has 4 bridgehead atoms. The molecule has 13 atom stereocenters. The number of carbonyl (C=O) groups is 1. The second-order valence-corrected chi connectivity index (χ2v) is 27.3. The van der Waals surface area contributed by atoms with Gasteiger partial charge in [0, 0.05) is 60.9 Å². The third-order valence-corrected chi connectivity index (χ3v) is 22.9. The number of nitrogens with zero attached hydrogens (tertiary/aromatic N) is 1. The van der Waals surface area contributed by atoms with Crippen LogP contribution in [0.3, 0.4) is 0 Å². The molecule has 13 unspecified atom stereocenters. The van der Waals surface area contributed by atoms with Gasteiger partial charge in [-0.2, -0.15) is 4.99 Å². The van der Waals surface area contributed by atoms with Gasteiger partial charge in [0.15, 0.2) is 29.3 Å². The number of hydrogen-bond acceptors (Lipinski definition) is 13. The molecule has 2 heterocycles. The third kappa shape index (κ3) is 12.2. The first-order chi connectivity index (χ1) is 40.5. The van der Waals surface area contributed by atoms with Crippen LogP contribution < -0.4 is 30.2 Å². The Kier molecular flexibility index (Phi) is 19.1. The van der Waals surface area contributed by atoms with Crippen LogP contribution in [0.5, 0.6) is 23.0 Å². The van der Waals surface area contributed by atoms with Gasteiger partial charge in [-0.1, -0.05) is 95.1 Å². The number of aliphatic imine (C=N–C) groups is 1. The zero-order valence-corrected chi connectivity index (χ0v) is 50.3. The molecular weight excluding hydrogens is 1040 g/mol. The molecule has 9 aliphatic rings. The fourth-order valence-electron chi connectivity index (χ4n) is 19.2. The molecule has 13 nitrogen and oxygen atoms in total. The molecule has 0 radical (unpaired) electrons. The van der Waals surface area contributed by atoms with Gasteiger partial charge in [0.05, 0.1) is 19.4 Å². The van der Waals surface area contributed by atoms with Crippen molar-refractivity contribution in [1.29, 1.82) is 0 Å². The Hall–Kier alpha value is -4.76. The van der Waals surface area contributed by atoms with Crippen LogP contribution in [0.1, 0.15) is 191 Å². The maximum Gasteiger partial charge on any atom is 0.210 e. The fourth-order valence-corrected chi connectivity index (χ4v) is 19.2. The van der Waals surface area contributed by atoms with Crippen molar-refractivity contribution in [2.75, 3.05) is 45.8 Å². The van der Waals surface area contributed by atoms with Crippen LogP contribution in [0.4, 0.5) is 5.69 Å². The number of methoxy groups -OCH3 is 1. The van der Waals surface area contributed by atoms with Crippen molar-refractivity contribution in [2.45, 2.75) is 210 Å². The minimum absolute atomic E-state index is 0.00671. The smallest absolute Gasteiger partial charge is 0.210 e. The van der Waals surface area contributed by atoms with Crippen LogP contribution >= 0.6 is 0 Å². The summed E-state index contributed by atoms with van der Waals surface area (Å²) in [5, 5.41) is 54.0. The van der Waals surface area contributed by atoms with Crippen molar-refractivity contribution in [3.05, 3.63) is 53.6 Å². The quantitative estimate of drug-likeness (QED) is 0.0480. The normalized spacial score (nSPS) is 34.1. The number of phenols is 1. The zero-order valence-electron chi connectivity index (χ0n) is 50.3. The minimum atomic E-state index is -0.982. The number of ketones is 1. The maximum absolute atomic E-state index is 16.0. The highest BCUT2D eigenvalue weighted by atomic mass is 16.6. The van der Waals surface area contributed by atoms with Gasteiger partial charge >= 0.3 is 0 Å². The number of guanidine groups is 1. The Morgan fingerprint density at radius 2 is 1.72 bits per heavy atom. The molecule has 7 N–H and O–H groups in total. The molecule has 11 rings (SSSR count). The molecule has 0 saturated heterocycles. The number of hydrogen-bond donors (Lipinski definition) is 7. The zero-order chi connectivity index (χ0) is 57.6. The lowest BCUT2D eigenvalue weighted by atomic mass is 9.45. The van der Waals surface area contributed by atoms with Gasteiger partial charge in [-0.25, -0.2) is 0 Å². The summed E-state index contributed by atoms with van der Waals surface area (Å²) in [6.07, 6.45) is 33.0. The monoisotopic (exact) mass is 1140 g/mol. The summed E-state index contributed by atoms with van der Waals surface area (Å²) in [5.41, 5.74) is 0.727. The molecule has 2 spiro atoms. The van der Waals surface area contributed by atoms with E-state index < -0.39 is 22.7 Å². The summed E-state index contributed by atoms with van der Waals surface area (Å²) < 4.78 is 26.6. The number of phenolic OH excluding ortho intramolecular Hbond substituents is 1. The number of fused-ring (bicyclic) bond motifs is 10. The first-order valence-electron chi connectivity index (χ1n) is 32.9. The third-order valence-electron chi connectivity index (χ3n) is 22.9. The number of rotatable bonds is 16. The number of aromatic hydroxyl groups is 1. The molecule has 2 aromatic carbocycles. The molecule has 0 amide bonds. The van der Waals surface area contributed by atoms with E-state index in [9.17, 15) is 20.4 Å². The second kappa shape index (κ2) is 26.5. The Bertz CT molecular complexity index is 2770. The molecule has 7 saturated carbocycles. The highest BCUT2D eigenvalue weighted by Crippen LogP contribution is 2.67. The van der Waals surface area contributed by atoms with E-state index in [0.717, 1.165) is 146 Å². The number of anilines is 1. The van der Waals surface area contributed by atoms with Crippen molar-refractivity contribution in [1.82, 2.24) is 10.6 Å². The van der Waals surface area contributed by atoms with E-state index in [1.54, 1.807) is 13.2 Å². The topological polar surface area (TPSA) is 183 Å². The maximum atomic E-state index is 16.0. The van der Waals surface area contributed by atoms with Crippen LogP contribution in [0.25, 0.3) is 0 Å². The number of likely N-dealkylation sites (N-methyl/N-ethyl adjacent to an activating group) is 1. The van der Waals surface area contributed by atoms with E-state index in [1.807, 2.05) is 25.3 Å². The first kappa shape index (κ1) is 59.9. The number of carbonyl (C=O) groups excluding carboxylic acids is 1. The average Bonchev–Trinajstić information content (AvgIpc) is 1.88. The highest BCUT2D eigenvalue weighted by molar-refractivity contribution is 5.97. The standard InChI is InChI=1S/C70H98N4O9/c1-4-47-22-24-53-54(20-14-34-75)56-21-12-31-70(56)51-41-59(65-62(42-51)83-68(46-71-2)44-49(40-64(79)81-36-15-35-76)58(45-68)67(32-37-82-65)28-9-6-10-29-67)74-66(73-52-18-7-5-8-19-52)72-33-13-17-50-16-11-30-69(50,63(78)27-25-57(70)55(53)38-47)43-48-23-26-60(77)61(39-48)80-3/h23,25-27,39,41-42,47,49-50,52-58,64,71,75-77,79H,4-12,14-22,24,28-31,34-36,38,40,43-46H2,1-3H3,(H2,72,73,74). The number of nitrogens with one attached hydrogen (secondary N) is 3. The lowest BCUT2D eigenvalue weighted by Crippen LogP contribution is -2.55.